The number of phenols is 1. The zero-order chi connectivity index (χ0) is 24.4. The summed E-state index contributed by atoms with van der Waals surface area (Å²) < 4.78 is 13.0. The molecule has 1 aromatic carbocycles. The molecule has 3 heterocycles. The SMILES string of the molecule is Cc1nnc(SCC2=C(C(=O)O)N3C(=O)C(NC(=O)CS(=O)Cc4ccc(O)cc4)[C@H]3SC2)s1. The van der Waals surface area contributed by atoms with Gasteiger partial charge in [-0.15, -0.1) is 22.0 Å². The minimum Gasteiger partial charge on any atom is -0.508 e. The summed E-state index contributed by atoms with van der Waals surface area (Å²) >= 11 is 4.17. The van der Waals surface area contributed by atoms with Crippen molar-refractivity contribution in [1.29, 1.82) is 0 Å². The summed E-state index contributed by atoms with van der Waals surface area (Å²) in [4.78, 5) is 38.3. The zero-order valence-electron chi connectivity index (χ0n) is 17.8. The number of rotatable bonds is 9. The minimum absolute atomic E-state index is 0.0520. The first-order chi connectivity index (χ1) is 16.2. The number of β-lactam (4-membered cyclic amide) rings is 1. The van der Waals surface area contributed by atoms with Crippen LogP contribution in [0.1, 0.15) is 10.6 Å². The van der Waals surface area contributed by atoms with Crippen LogP contribution in [0.3, 0.4) is 0 Å². The molecular weight excluding hydrogens is 521 g/mol. The number of benzene rings is 1. The highest BCUT2D eigenvalue weighted by Gasteiger charge is 2.54. The van der Waals surface area contributed by atoms with Gasteiger partial charge >= 0.3 is 5.97 Å². The van der Waals surface area contributed by atoms with Crippen molar-refractivity contribution < 1.29 is 28.8 Å². The summed E-state index contributed by atoms with van der Waals surface area (Å²) in [5, 5.41) is 29.9. The molecule has 2 aliphatic rings. The van der Waals surface area contributed by atoms with Crippen LogP contribution < -0.4 is 5.32 Å². The molecule has 2 amide bonds. The smallest absolute Gasteiger partial charge is 0.352 e. The molecule has 0 aliphatic carbocycles. The number of carboxylic acid groups (broad SMARTS) is 1. The Bertz CT molecular complexity index is 1180. The van der Waals surface area contributed by atoms with Gasteiger partial charge in [-0.05, 0) is 30.2 Å². The molecule has 3 atom stereocenters. The summed E-state index contributed by atoms with van der Waals surface area (Å²) in [6.07, 6.45) is 0. The number of aromatic hydroxyl groups is 1. The fourth-order valence-electron chi connectivity index (χ4n) is 3.47. The molecule has 0 bridgehead atoms. The largest absolute Gasteiger partial charge is 0.508 e. The number of hydrogen-bond acceptors (Lipinski definition) is 10. The van der Waals surface area contributed by atoms with Crippen LogP contribution in [-0.2, 0) is 30.9 Å². The topological polar surface area (TPSA) is 150 Å². The molecule has 1 saturated heterocycles. The molecule has 14 heteroatoms. The van der Waals surface area contributed by atoms with Crippen molar-refractivity contribution in [3.8, 4) is 5.75 Å². The van der Waals surface area contributed by atoms with Crippen LogP contribution in [0.15, 0.2) is 39.9 Å². The van der Waals surface area contributed by atoms with E-state index in [1.165, 1.54) is 51.9 Å². The van der Waals surface area contributed by atoms with Gasteiger partial charge in [0.2, 0.25) is 5.91 Å². The van der Waals surface area contributed by atoms with E-state index in [2.05, 4.69) is 15.5 Å². The van der Waals surface area contributed by atoms with E-state index in [-0.39, 0.29) is 23.0 Å². The standard InChI is InChI=1S/C20H20N4O6S4/c1-10-22-23-20(33-10)32-7-12-6-31-18-15(17(27)24(18)16(12)19(28)29)21-14(26)9-34(30)8-11-2-4-13(25)5-3-11/h2-5,15,18,25H,6-9H2,1H3,(H,21,26)(H,28,29)/t15?,18-,34?/m1/s1. The molecule has 3 N–H and O–H groups in total. The second-order valence-electron chi connectivity index (χ2n) is 7.48. The van der Waals surface area contributed by atoms with E-state index >= 15 is 0 Å². The number of aromatic nitrogens is 2. The Morgan fingerprint density at radius 1 is 1.29 bits per heavy atom. The van der Waals surface area contributed by atoms with E-state index in [1.54, 1.807) is 12.1 Å². The number of amides is 2. The zero-order valence-corrected chi connectivity index (χ0v) is 21.1. The minimum atomic E-state index is -1.50. The van der Waals surface area contributed by atoms with E-state index in [9.17, 15) is 28.8 Å². The number of carbonyl (C=O) groups excluding carboxylic acids is 2. The van der Waals surface area contributed by atoms with Gasteiger partial charge in [0.25, 0.3) is 5.91 Å². The predicted octanol–water partition coefficient (Wildman–Crippen LogP) is 1.33. The van der Waals surface area contributed by atoms with Gasteiger partial charge in [0, 0.05) is 28.1 Å². The first-order valence-corrected chi connectivity index (χ1v) is 14.3. The third-order valence-corrected chi connectivity index (χ3v) is 9.64. The van der Waals surface area contributed by atoms with Gasteiger partial charge in [0.1, 0.15) is 33.6 Å². The summed E-state index contributed by atoms with van der Waals surface area (Å²) in [6, 6.07) is 5.34. The quantitative estimate of drug-likeness (QED) is 0.314. The van der Waals surface area contributed by atoms with Gasteiger partial charge < -0.3 is 15.5 Å². The van der Waals surface area contributed by atoms with Crippen LogP contribution in [0.2, 0.25) is 0 Å². The second-order valence-corrected chi connectivity index (χ2v) is 12.4. The van der Waals surface area contributed by atoms with Gasteiger partial charge in [0.05, 0.1) is 0 Å². The lowest BCUT2D eigenvalue weighted by Gasteiger charge is -2.49. The lowest BCUT2D eigenvalue weighted by Crippen LogP contribution is -2.70. The van der Waals surface area contributed by atoms with Crippen molar-refractivity contribution in [2.45, 2.75) is 28.4 Å². The van der Waals surface area contributed by atoms with Gasteiger partial charge in [-0.25, -0.2) is 4.79 Å². The predicted molar refractivity (Wildman–Crippen MR) is 130 cm³/mol. The molecular formula is C20H20N4O6S4. The molecule has 0 spiro atoms. The van der Waals surface area contributed by atoms with Crippen molar-refractivity contribution in [3.63, 3.8) is 0 Å². The Kier molecular flexibility index (Phi) is 7.60. The number of carbonyl (C=O) groups is 3. The second kappa shape index (κ2) is 10.5. The average molecular weight is 541 g/mol. The summed E-state index contributed by atoms with van der Waals surface area (Å²) in [5.74, 6) is -1.51. The lowest BCUT2D eigenvalue weighted by atomic mass is 10.0. The number of carboxylic acids is 1. The average Bonchev–Trinajstić information content (AvgIpc) is 3.21. The van der Waals surface area contributed by atoms with E-state index in [1.807, 2.05) is 6.92 Å². The first-order valence-electron chi connectivity index (χ1n) is 9.98. The highest BCUT2D eigenvalue weighted by atomic mass is 32.2. The first kappa shape index (κ1) is 24.7. The molecule has 2 aliphatic heterocycles. The van der Waals surface area contributed by atoms with E-state index in [0.29, 0.717) is 22.6 Å². The molecule has 0 radical (unpaired) electrons. The molecule has 10 nitrogen and oxygen atoms in total. The maximum absolute atomic E-state index is 12.8. The number of aliphatic carboxylic acids is 1. The van der Waals surface area contributed by atoms with Crippen LogP contribution in [0.4, 0.5) is 0 Å². The Labute approximate surface area is 209 Å². The van der Waals surface area contributed by atoms with Gasteiger partial charge in [-0.2, -0.15) is 0 Å². The van der Waals surface area contributed by atoms with Crippen LogP contribution in [-0.4, -0.2) is 76.0 Å². The monoisotopic (exact) mass is 540 g/mol. The highest BCUT2D eigenvalue weighted by molar-refractivity contribution is 8.01. The molecule has 2 aromatic rings. The molecule has 2 unspecified atom stereocenters. The fourth-order valence-corrected chi connectivity index (χ4v) is 7.81. The van der Waals surface area contributed by atoms with Crippen molar-refractivity contribution in [2.75, 3.05) is 17.3 Å². The Balaban J connectivity index is 1.35. The van der Waals surface area contributed by atoms with Crippen molar-refractivity contribution in [3.05, 3.63) is 46.1 Å². The van der Waals surface area contributed by atoms with Crippen molar-refractivity contribution in [1.82, 2.24) is 20.4 Å². The molecule has 1 fully saturated rings. The number of aryl methyl sites for hydroxylation is 1. The molecule has 4 rings (SSSR count). The van der Waals surface area contributed by atoms with Crippen LogP contribution in [0.25, 0.3) is 0 Å². The molecule has 180 valence electrons. The molecule has 0 saturated carbocycles. The molecule has 34 heavy (non-hydrogen) atoms. The number of phenolic OH excluding ortho intramolecular Hbond substituents is 1. The van der Waals surface area contributed by atoms with Gasteiger partial charge in [-0.3, -0.25) is 18.7 Å². The van der Waals surface area contributed by atoms with Crippen LogP contribution >= 0.6 is 34.9 Å². The summed E-state index contributed by atoms with van der Waals surface area (Å²) in [7, 11) is -1.50. The maximum atomic E-state index is 12.8. The van der Waals surface area contributed by atoms with Gasteiger partial charge in [-0.1, -0.05) is 35.2 Å². The van der Waals surface area contributed by atoms with Crippen molar-refractivity contribution >= 4 is 63.4 Å². The van der Waals surface area contributed by atoms with E-state index < -0.39 is 40.0 Å². The number of hydrogen-bond donors (Lipinski definition) is 3. The lowest BCUT2D eigenvalue weighted by molar-refractivity contribution is -0.150. The summed E-state index contributed by atoms with van der Waals surface area (Å²) in [6.45, 7) is 1.83. The van der Waals surface area contributed by atoms with Gasteiger partial charge in [0.15, 0.2) is 4.34 Å². The number of thioether (sulfide) groups is 2. The van der Waals surface area contributed by atoms with Crippen molar-refractivity contribution in [2.24, 2.45) is 0 Å². The third kappa shape index (κ3) is 5.45. The Morgan fingerprint density at radius 2 is 2.03 bits per heavy atom. The molecule has 1 aromatic heterocycles. The number of nitrogens with zero attached hydrogens (tertiary/aromatic N) is 3. The van der Waals surface area contributed by atoms with Crippen LogP contribution in [0, 0.1) is 6.92 Å². The third-order valence-electron chi connectivity index (χ3n) is 5.00. The summed E-state index contributed by atoms with van der Waals surface area (Å²) in [5.41, 5.74) is 1.27. The Morgan fingerprint density at radius 3 is 2.68 bits per heavy atom. The van der Waals surface area contributed by atoms with E-state index in [4.69, 9.17) is 0 Å². The van der Waals surface area contributed by atoms with Crippen LogP contribution in [0.5, 0.6) is 5.75 Å². The highest BCUT2D eigenvalue weighted by Crippen LogP contribution is 2.41. The number of fused-ring (bicyclic) bond motifs is 1. The normalized spacial score (nSPS) is 20.5. The Hall–Kier alpha value is -2.42. The van der Waals surface area contributed by atoms with E-state index in [0.717, 1.165) is 9.35 Å². The fraction of sp³-hybridized carbons (Fsp3) is 0.350. The number of nitrogens with one attached hydrogen (secondary N) is 1. The maximum Gasteiger partial charge on any atom is 0.352 e.